The number of piperazine rings is 1. The maximum Gasteiger partial charge on any atom is 0.341 e. The number of benzene rings is 1. The Labute approximate surface area is 185 Å². The lowest BCUT2D eigenvalue weighted by atomic mass is 10.1. The molecule has 1 aromatic carbocycles. The smallest absolute Gasteiger partial charge is 0.341 e. The number of aromatic nitrogens is 1. The first-order valence-electron chi connectivity index (χ1n) is 10.7. The van der Waals surface area contributed by atoms with Crippen LogP contribution < -0.4 is 9.80 Å². The topological polar surface area (TPSA) is 109 Å². The highest BCUT2D eigenvalue weighted by Gasteiger charge is 2.26. The molecule has 4 rings (SSSR count). The molecule has 0 aliphatic carbocycles. The number of esters is 1. The highest BCUT2D eigenvalue weighted by molar-refractivity contribution is 5.97. The summed E-state index contributed by atoms with van der Waals surface area (Å²) in [5, 5.41) is 11.2. The molecule has 0 unspecified atom stereocenters. The quantitative estimate of drug-likeness (QED) is 0.382. The van der Waals surface area contributed by atoms with Crippen molar-refractivity contribution in [1.82, 2.24) is 9.88 Å². The zero-order valence-corrected chi connectivity index (χ0v) is 17.7. The molecule has 0 radical (unpaired) electrons. The first kappa shape index (κ1) is 21.5. The summed E-state index contributed by atoms with van der Waals surface area (Å²) in [4.78, 5) is 46.1. The summed E-state index contributed by atoms with van der Waals surface area (Å²) in [6, 6.07) is 9.90. The van der Waals surface area contributed by atoms with Gasteiger partial charge in [-0.1, -0.05) is 6.07 Å². The van der Waals surface area contributed by atoms with Crippen molar-refractivity contribution >= 4 is 29.1 Å². The Morgan fingerprint density at radius 2 is 1.75 bits per heavy atom. The highest BCUT2D eigenvalue weighted by Crippen LogP contribution is 2.29. The maximum atomic E-state index is 12.8. The molecule has 32 heavy (non-hydrogen) atoms. The van der Waals surface area contributed by atoms with Crippen LogP contribution in [0.15, 0.2) is 42.6 Å². The maximum absolute atomic E-state index is 12.8. The molecule has 3 heterocycles. The van der Waals surface area contributed by atoms with Gasteiger partial charge in [0.1, 0.15) is 5.82 Å². The Kier molecular flexibility index (Phi) is 6.48. The van der Waals surface area contributed by atoms with Crippen molar-refractivity contribution in [3.8, 4) is 0 Å². The molecule has 2 saturated heterocycles. The van der Waals surface area contributed by atoms with E-state index >= 15 is 0 Å². The molecule has 1 aromatic heterocycles. The summed E-state index contributed by atoms with van der Waals surface area (Å²) in [5.41, 5.74) is 0.542. The van der Waals surface area contributed by atoms with Gasteiger partial charge in [0.2, 0.25) is 0 Å². The second-order valence-electron chi connectivity index (χ2n) is 7.78. The van der Waals surface area contributed by atoms with E-state index in [4.69, 9.17) is 4.74 Å². The third-order valence-electron chi connectivity index (χ3n) is 5.79. The van der Waals surface area contributed by atoms with E-state index in [0.717, 1.165) is 31.7 Å². The lowest BCUT2D eigenvalue weighted by molar-refractivity contribution is -0.384. The Balaban J connectivity index is 1.36. The number of hydrogen-bond donors (Lipinski definition) is 0. The van der Waals surface area contributed by atoms with Gasteiger partial charge in [-0.2, -0.15) is 0 Å². The first-order valence-corrected chi connectivity index (χ1v) is 10.7. The van der Waals surface area contributed by atoms with Gasteiger partial charge in [-0.05, 0) is 31.0 Å². The summed E-state index contributed by atoms with van der Waals surface area (Å²) in [7, 11) is 0. The van der Waals surface area contributed by atoms with Crippen LogP contribution in [0.2, 0.25) is 0 Å². The molecule has 1 amide bonds. The van der Waals surface area contributed by atoms with Crippen molar-refractivity contribution in [3.63, 3.8) is 0 Å². The van der Waals surface area contributed by atoms with Crippen LogP contribution in [0.1, 0.15) is 23.2 Å². The molecule has 2 aliphatic rings. The van der Waals surface area contributed by atoms with Crippen LogP contribution in [-0.4, -0.2) is 72.6 Å². The van der Waals surface area contributed by atoms with Gasteiger partial charge in [-0.25, -0.2) is 9.78 Å². The van der Waals surface area contributed by atoms with E-state index in [9.17, 15) is 19.7 Å². The largest absolute Gasteiger partial charge is 0.452 e. The van der Waals surface area contributed by atoms with Gasteiger partial charge in [0.05, 0.1) is 16.2 Å². The van der Waals surface area contributed by atoms with Gasteiger partial charge in [0.25, 0.3) is 11.6 Å². The standard InChI is InChI=1S/C22H25N5O5/c28-21(26-13-11-25(12-14-26)20-5-1-2-8-23-20)16-32-22(29)18-15-17(27(30)31)6-7-19(18)24-9-3-4-10-24/h1-2,5-8,15H,3-4,9-14,16H2. The van der Waals surface area contributed by atoms with Crippen molar-refractivity contribution in [3.05, 3.63) is 58.3 Å². The van der Waals surface area contributed by atoms with E-state index in [1.165, 1.54) is 12.1 Å². The Morgan fingerprint density at radius 1 is 1.00 bits per heavy atom. The summed E-state index contributed by atoms with van der Waals surface area (Å²) < 4.78 is 5.28. The second kappa shape index (κ2) is 9.63. The van der Waals surface area contributed by atoms with Crippen molar-refractivity contribution < 1.29 is 19.2 Å². The molecule has 0 spiro atoms. The van der Waals surface area contributed by atoms with Gasteiger partial charge >= 0.3 is 5.97 Å². The molecule has 0 atom stereocenters. The number of pyridine rings is 1. The Bertz CT molecular complexity index is 985. The molecule has 0 N–H and O–H groups in total. The minimum atomic E-state index is -0.726. The molecule has 168 valence electrons. The third kappa shape index (κ3) is 4.79. The number of non-ortho nitro benzene ring substituents is 1. The van der Waals surface area contributed by atoms with Crippen molar-refractivity contribution in [2.75, 3.05) is 55.7 Å². The predicted octanol–water partition coefficient (Wildman–Crippen LogP) is 2.10. The SMILES string of the molecule is O=C(OCC(=O)N1CCN(c2ccccn2)CC1)c1cc([N+](=O)[O-])ccc1N1CCCC1. The highest BCUT2D eigenvalue weighted by atomic mass is 16.6. The fourth-order valence-electron chi connectivity index (χ4n) is 4.06. The van der Waals surface area contributed by atoms with Crippen LogP contribution in [0.3, 0.4) is 0 Å². The predicted molar refractivity (Wildman–Crippen MR) is 118 cm³/mol. The van der Waals surface area contributed by atoms with Crippen molar-refractivity contribution in [2.24, 2.45) is 0 Å². The fourth-order valence-corrected chi connectivity index (χ4v) is 4.06. The summed E-state index contributed by atoms with van der Waals surface area (Å²) in [5.74, 6) is -0.144. The Morgan fingerprint density at radius 3 is 2.41 bits per heavy atom. The molecule has 2 fully saturated rings. The molecule has 0 bridgehead atoms. The van der Waals surface area contributed by atoms with Gasteiger partial charge in [-0.3, -0.25) is 14.9 Å². The number of carbonyl (C=O) groups is 2. The van der Waals surface area contributed by atoms with E-state index in [1.807, 2.05) is 23.1 Å². The van der Waals surface area contributed by atoms with Crippen LogP contribution in [0.5, 0.6) is 0 Å². The van der Waals surface area contributed by atoms with Crippen LogP contribution in [0.4, 0.5) is 17.2 Å². The van der Waals surface area contributed by atoms with Gasteiger partial charge < -0.3 is 19.4 Å². The van der Waals surface area contributed by atoms with Crippen molar-refractivity contribution in [1.29, 1.82) is 0 Å². The average molecular weight is 439 g/mol. The Hall–Kier alpha value is -3.69. The second-order valence-corrected chi connectivity index (χ2v) is 7.78. The van der Waals surface area contributed by atoms with Crippen LogP contribution in [0.25, 0.3) is 0 Å². The molecule has 0 saturated carbocycles. The molecule has 10 heteroatoms. The number of hydrogen-bond acceptors (Lipinski definition) is 8. The number of ether oxygens (including phenoxy) is 1. The van der Waals surface area contributed by atoms with Gasteiger partial charge in [-0.15, -0.1) is 0 Å². The number of nitro benzene ring substituents is 1. The fraction of sp³-hybridized carbons (Fsp3) is 0.409. The van der Waals surface area contributed by atoms with E-state index in [2.05, 4.69) is 9.88 Å². The zero-order chi connectivity index (χ0) is 22.5. The minimum absolute atomic E-state index is 0.119. The van der Waals surface area contributed by atoms with Crippen LogP contribution in [-0.2, 0) is 9.53 Å². The number of nitrogens with zero attached hydrogens (tertiary/aromatic N) is 5. The molecule has 2 aromatic rings. The lowest BCUT2D eigenvalue weighted by Gasteiger charge is -2.35. The molecular formula is C22H25N5O5. The zero-order valence-electron chi connectivity index (χ0n) is 17.7. The summed E-state index contributed by atoms with van der Waals surface area (Å²) in [6.07, 6.45) is 3.72. The third-order valence-corrected chi connectivity index (χ3v) is 5.79. The molecule has 2 aliphatic heterocycles. The van der Waals surface area contributed by atoms with Crippen LogP contribution in [0, 0.1) is 10.1 Å². The minimum Gasteiger partial charge on any atom is -0.452 e. The number of anilines is 2. The number of carbonyl (C=O) groups excluding carboxylic acids is 2. The van der Waals surface area contributed by atoms with Gasteiger partial charge in [0.15, 0.2) is 6.61 Å². The molecule has 10 nitrogen and oxygen atoms in total. The van der Waals surface area contributed by atoms with E-state index in [1.54, 1.807) is 17.2 Å². The number of nitro groups is 1. The van der Waals surface area contributed by atoms with Gasteiger partial charge in [0, 0.05) is 57.6 Å². The summed E-state index contributed by atoms with van der Waals surface area (Å²) >= 11 is 0. The van der Waals surface area contributed by atoms with Crippen LogP contribution >= 0.6 is 0 Å². The summed E-state index contributed by atoms with van der Waals surface area (Å²) in [6.45, 7) is 3.44. The van der Waals surface area contributed by atoms with E-state index in [0.29, 0.717) is 31.9 Å². The van der Waals surface area contributed by atoms with E-state index in [-0.39, 0.29) is 17.2 Å². The van der Waals surface area contributed by atoms with Crippen molar-refractivity contribution in [2.45, 2.75) is 12.8 Å². The monoisotopic (exact) mass is 439 g/mol. The number of amides is 1. The number of rotatable bonds is 6. The average Bonchev–Trinajstić information content (AvgIpc) is 3.37. The lowest BCUT2D eigenvalue weighted by Crippen LogP contribution is -2.50. The molecular weight excluding hydrogens is 414 g/mol. The normalized spacial score (nSPS) is 16.2. The first-order chi connectivity index (χ1) is 15.5. The van der Waals surface area contributed by atoms with E-state index < -0.39 is 17.5 Å².